The van der Waals surface area contributed by atoms with Crippen LogP contribution in [0.3, 0.4) is 0 Å². The lowest BCUT2D eigenvalue weighted by molar-refractivity contribution is -0.126. The number of aliphatic hydroxyl groups is 1. The lowest BCUT2D eigenvalue weighted by Crippen LogP contribution is -2.42. The molecule has 0 aromatic rings. The van der Waals surface area contributed by atoms with E-state index in [0.29, 0.717) is 12.4 Å². The minimum Gasteiger partial charge on any atom is -0.471 e. The van der Waals surface area contributed by atoms with E-state index in [9.17, 15) is 4.79 Å². The number of likely N-dealkylation sites (N-methyl/N-ethyl adjacent to an activating group) is 1. The van der Waals surface area contributed by atoms with E-state index in [0.717, 1.165) is 26.2 Å². The SMILES string of the molecule is CNC(C=O)C1CC(C)O[C@H](C)C1.CO.COC=O. The summed E-state index contributed by atoms with van der Waals surface area (Å²) in [7, 11) is 4.15. The van der Waals surface area contributed by atoms with Crippen molar-refractivity contribution in [3.8, 4) is 0 Å². The predicted molar refractivity (Wildman–Crippen MR) is 72.9 cm³/mol. The first-order chi connectivity index (χ1) is 9.08. The average Bonchev–Trinajstić information content (AvgIpc) is 2.42. The summed E-state index contributed by atoms with van der Waals surface area (Å²) in [6.45, 7) is 4.51. The van der Waals surface area contributed by atoms with Crippen LogP contribution in [0.2, 0.25) is 0 Å². The van der Waals surface area contributed by atoms with Crippen LogP contribution in [0, 0.1) is 5.92 Å². The number of carbonyl (C=O) groups excluding carboxylic acids is 2. The van der Waals surface area contributed by atoms with Crippen molar-refractivity contribution >= 4 is 12.8 Å². The number of aliphatic hydroxyl groups excluding tert-OH is 1. The molecule has 0 bridgehead atoms. The van der Waals surface area contributed by atoms with Gasteiger partial charge in [0.05, 0.1) is 25.4 Å². The standard InChI is InChI=1S/C10H19NO2.C2H4O2.CH4O/c1-7-4-9(5-8(2)13-7)10(6-12)11-3;1-4-2-3;1-2/h6-11H,4-5H2,1-3H3;2H,1H3;2H,1H3/t7-,8?,9?,10?;;/m1../s1. The van der Waals surface area contributed by atoms with Crippen LogP contribution < -0.4 is 5.32 Å². The van der Waals surface area contributed by atoms with Crippen molar-refractivity contribution in [2.45, 2.75) is 44.9 Å². The zero-order valence-electron chi connectivity index (χ0n) is 12.5. The smallest absolute Gasteiger partial charge is 0.292 e. The largest absolute Gasteiger partial charge is 0.471 e. The van der Waals surface area contributed by atoms with Crippen LogP contribution in [-0.2, 0) is 19.1 Å². The molecule has 1 fully saturated rings. The van der Waals surface area contributed by atoms with Gasteiger partial charge in [-0.25, -0.2) is 0 Å². The molecule has 0 aromatic heterocycles. The topological polar surface area (TPSA) is 84.9 Å². The molecule has 0 spiro atoms. The Balaban J connectivity index is 0. The Bertz CT molecular complexity index is 215. The maximum atomic E-state index is 10.7. The fraction of sp³-hybridized carbons (Fsp3) is 0.846. The number of methoxy groups -OCH3 is 1. The van der Waals surface area contributed by atoms with Crippen molar-refractivity contribution in [2.24, 2.45) is 5.92 Å². The molecule has 3 unspecified atom stereocenters. The molecular formula is C13H27NO5. The summed E-state index contributed by atoms with van der Waals surface area (Å²) in [6.07, 6.45) is 3.53. The Hall–Kier alpha value is -0.980. The first-order valence-electron chi connectivity index (χ1n) is 6.28. The molecule has 1 aliphatic heterocycles. The number of rotatable bonds is 4. The van der Waals surface area contributed by atoms with Gasteiger partial charge in [-0.15, -0.1) is 0 Å². The van der Waals surface area contributed by atoms with E-state index < -0.39 is 0 Å². The van der Waals surface area contributed by atoms with E-state index in [2.05, 4.69) is 23.9 Å². The molecule has 1 saturated heterocycles. The third-order valence-corrected chi connectivity index (χ3v) is 2.82. The van der Waals surface area contributed by atoms with Crippen LogP contribution in [0.25, 0.3) is 0 Å². The second kappa shape index (κ2) is 13.5. The molecule has 0 aromatic carbocycles. The Morgan fingerprint density at radius 3 is 1.95 bits per heavy atom. The lowest BCUT2D eigenvalue weighted by Gasteiger charge is -2.34. The van der Waals surface area contributed by atoms with Crippen molar-refractivity contribution in [3.05, 3.63) is 0 Å². The molecule has 0 aliphatic carbocycles. The number of ether oxygens (including phenoxy) is 2. The predicted octanol–water partition coefficient (Wildman–Crippen LogP) is 0.375. The highest BCUT2D eigenvalue weighted by atomic mass is 16.5. The highest BCUT2D eigenvalue weighted by Gasteiger charge is 2.29. The number of hydrogen-bond donors (Lipinski definition) is 2. The monoisotopic (exact) mass is 277 g/mol. The minimum atomic E-state index is -0.00574. The third kappa shape index (κ3) is 9.58. The second-order valence-electron chi connectivity index (χ2n) is 4.27. The quantitative estimate of drug-likeness (QED) is 0.722. The van der Waals surface area contributed by atoms with E-state index >= 15 is 0 Å². The first kappa shape index (κ1) is 20.3. The van der Waals surface area contributed by atoms with Crippen LogP contribution in [0.4, 0.5) is 0 Å². The van der Waals surface area contributed by atoms with Crippen molar-refractivity contribution in [1.82, 2.24) is 5.32 Å². The molecule has 6 nitrogen and oxygen atoms in total. The van der Waals surface area contributed by atoms with Crippen LogP contribution >= 0.6 is 0 Å². The van der Waals surface area contributed by atoms with Gasteiger partial charge in [-0.3, -0.25) is 4.79 Å². The third-order valence-electron chi connectivity index (χ3n) is 2.82. The van der Waals surface area contributed by atoms with Gasteiger partial charge in [0.15, 0.2) is 0 Å². The van der Waals surface area contributed by atoms with Gasteiger partial charge in [0.1, 0.15) is 6.29 Å². The van der Waals surface area contributed by atoms with E-state index in [1.165, 1.54) is 7.11 Å². The molecule has 1 heterocycles. The van der Waals surface area contributed by atoms with E-state index in [4.69, 9.17) is 14.6 Å². The molecular weight excluding hydrogens is 250 g/mol. The molecule has 19 heavy (non-hydrogen) atoms. The van der Waals surface area contributed by atoms with Crippen LogP contribution in [0.1, 0.15) is 26.7 Å². The highest BCUT2D eigenvalue weighted by molar-refractivity contribution is 5.58. The number of hydrogen-bond acceptors (Lipinski definition) is 6. The Kier molecular flexibility index (Phi) is 14.4. The van der Waals surface area contributed by atoms with E-state index in [1.807, 2.05) is 7.05 Å². The highest BCUT2D eigenvalue weighted by Crippen LogP contribution is 2.26. The Morgan fingerprint density at radius 2 is 1.68 bits per heavy atom. The van der Waals surface area contributed by atoms with Gasteiger partial charge < -0.3 is 24.7 Å². The summed E-state index contributed by atoms with van der Waals surface area (Å²) >= 11 is 0. The van der Waals surface area contributed by atoms with E-state index in [1.54, 1.807) is 0 Å². The normalized spacial score (nSPS) is 26.7. The van der Waals surface area contributed by atoms with Gasteiger partial charge in [0.25, 0.3) is 6.47 Å². The van der Waals surface area contributed by atoms with Crippen molar-refractivity contribution < 1.29 is 24.2 Å². The zero-order valence-corrected chi connectivity index (χ0v) is 12.5. The van der Waals surface area contributed by atoms with Crippen LogP contribution in [0.15, 0.2) is 0 Å². The minimum absolute atomic E-state index is 0.00574. The fourth-order valence-electron chi connectivity index (χ4n) is 2.16. The molecule has 4 atom stereocenters. The molecule has 114 valence electrons. The average molecular weight is 277 g/mol. The van der Waals surface area contributed by atoms with Crippen molar-refractivity contribution in [2.75, 3.05) is 21.3 Å². The molecule has 0 radical (unpaired) electrons. The maximum absolute atomic E-state index is 10.7. The fourth-order valence-corrected chi connectivity index (χ4v) is 2.16. The first-order valence-corrected chi connectivity index (χ1v) is 6.28. The van der Waals surface area contributed by atoms with Gasteiger partial charge in [-0.05, 0) is 39.7 Å². The van der Waals surface area contributed by atoms with Crippen LogP contribution in [-0.4, -0.2) is 57.4 Å². The van der Waals surface area contributed by atoms with Gasteiger partial charge in [0, 0.05) is 7.11 Å². The number of aldehydes is 1. The zero-order chi connectivity index (χ0) is 15.3. The van der Waals surface area contributed by atoms with Crippen molar-refractivity contribution in [1.29, 1.82) is 0 Å². The summed E-state index contributed by atoms with van der Waals surface area (Å²) in [5.74, 6) is 0.432. The maximum Gasteiger partial charge on any atom is 0.292 e. The van der Waals surface area contributed by atoms with Crippen LogP contribution in [0.5, 0.6) is 0 Å². The lowest BCUT2D eigenvalue weighted by atomic mass is 9.87. The van der Waals surface area contributed by atoms with Crippen molar-refractivity contribution in [3.63, 3.8) is 0 Å². The molecule has 0 amide bonds. The summed E-state index contributed by atoms with van der Waals surface area (Å²) in [6, 6.07) is -0.00574. The van der Waals surface area contributed by atoms with Gasteiger partial charge in [-0.1, -0.05) is 0 Å². The molecule has 1 rings (SSSR count). The number of carbonyl (C=O) groups is 2. The number of nitrogens with one attached hydrogen (secondary N) is 1. The summed E-state index contributed by atoms with van der Waals surface area (Å²) in [5.41, 5.74) is 0. The Morgan fingerprint density at radius 1 is 1.26 bits per heavy atom. The van der Waals surface area contributed by atoms with Gasteiger partial charge in [-0.2, -0.15) is 0 Å². The Labute approximate surface area is 115 Å². The summed E-state index contributed by atoms with van der Waals surface area (Å²) in [4.78, 5) is 19.7. The summed E-state index contributed by atoms with van der Waals surface area (Å²) < 4.78 is 9.47. The molecule has 2 N–H and O–H groups in total. The molecule has 1 aliphatic rings. The molecule has 6 heteroatoms. The summed E-state index contributed by atoms with van der Waals surface area (Å²) in [5, 5.41) is 10.0. The van der Waals surface area contributed by atoms with E-state index in [-0.39, 0.29) is 18.2 Å². The van der Waals surface area contributed by atoms with Gasteiger partial charge >= 0.3 is 0 Å². The van der Waals surface area contributed by atoms with Gasteiger partial charge in [0.2, 0.25) is 0 Å². The molecule has 0 saturated carbocycles. The second-order valence-corrected chi connectivity index (χ2v) is 4.27.